The predicted molar refractivity (Wildman–Crippen MR) is 155 cm³/mol. The number of H-pyrrole nitrogens is 1. The second-order valence-corrected chi connectivity index (χ2v) is 10.7. The molecule has 3 atom stereocenters. The first-order chi connectivity index (χ1) is 19.8. The van der Waals surface area contributed by atoms with Crippen molar-refractivity contribution in [2.45, 2.75) is 38.8 Å². The van der Waals surface area contributed by atoms with Gasteiger partial charge >= 0.3 is 12.2 Å². The van der Waals surface area contributed by atoms with Crippen molar-refractivity contribution in [3.8, 4) is 5.75 Å². The molecule has 0 saturated carbocycles. The Morgan fingerprint density at radius 3 is 2.76 bits per heavy atom. The number of aromatic nitrogens is 1. The van der Waals surface area contributed by atoms with Gasteiger partial charge in [-0.25, -0.2) is 14.0 Å². The number of halogens is 2. The van der Waals surface area contributed by atoms with Crippen molar-refractivity contribution in [2.75, 3.05) is 26.3 Å². The monoisotopic (exact) mass is 581 g/mol. The second kappa shape index (κ2) is 12.8. The fourth-order valence-electron chi connectivity index (χ4n) is 5.20. The largest absolute Gasteiger partial charge is 0.450 e. The quantitative estimate of drug-likeness (QED) is 0.308. The van der Waals surface area contributed by atoms with Crippen molar-refractivity contribution in [2.24, 2.45) is 5.92 Å². The van der Waals surface area contributed by atoms with Gasteiger partial charge in [0.25, 0.3) is 0 Å². The number of nitrogens with zero attached hydrogens (tertiary/aromatic N) is 1. The maximum Gasteiger partial charge on any atom is 0.416 e. The molecule has 2 N–H and O–H groups in total. The van der Waals surface area contributed by atoms with Crippen molar-refractivity contribution in [1.29, 1.82) is 0 Å². The standard InChI is InChI=1S/C31H33ClFN3O5/c1-3-39-30(37)34-17-19(2)18-40-23-9-4-20(5-10-23)29-28-25(26-16-21(32)6-13-27(26)35-28)14-15-36(29)31(38)41-24-11-7-22(33)8-12-24/h4-9,11-13,16,19,23,29,35H,3,10,14-15,17-18H2,1-2H3,(H,34,37). The summed E-state index contributed by atoms with van der Waals surface area (Å²) in [5.74, 6) is -0.0208. The average Bonchev–Trinajstić information content (AvgIpc) is 3.34. The molecule has 3 unspecified atom stereocenters. The minimum absolute atomic E-state index is 0.106. The fraction of sp³-hybridized carbons (Fsp3) is 0.355. The highest BCUT2D eigenvalue weighted by molar-refractivity contribution is 6.31. The summed E-state index contributed by atoms with van der Waals surface area (Å²) in [5.41, 5.74) is 3.93. The number of rotatable bonds is 8. The molecule has 3 aromatic rings. The Kier molecular flexibility index (Phi) is 8.95. The normalized spacial score (nSPS) is 18.9. The third-order valence-corrected chi connectivity index (χ3v) is 7.45. The van der Waals surface area contributed by atoms with Crippen molar-refractivity contribution >= 4 is 34.7 Å². The van der Waals surface area contributed by atoms with Crippen LogP contribution in [0.4, 0.5) is 14.0 Å². The van der Waals surface area contributed by atoms with Gasteiger partial charge in [0.2, 0.25) is 0 Å². The molecule has 0 fully saturated rings. The lowest BCUT2D eigenvalue weighted by molar-refractivity contribution is 0.0610. The van der Waals surface area contributed by atoms with Crippen LogP contribution in [0.3, 0.4) is 0 Å². The highest BCUT2D eigenvalue weighted by atomic mass is 35.5. The van der Waals surface area contributed by atoms with Crippen LogP contribution in [0, 0.1) is 11.7 Å². The summed E-state index contributed by atoms with van der Waals surface area (Å²) >= 11 is 6.31. The lowest BCUT2D eigenvalue weighted by atomic mass is 9.89. The van der Waals surface area contributed by atoms with Crippen LogP contribution in [-0.4, -0.2) is 54.5 Å². The van der Waals surface area contributed by atoms with E-state index in [4.69, 9.17) is 25.8 Å². The number of ether oxygens (including phenoxy) is 3. The number of hydrogen-bond acceptors (Lipinski definition) is 5. The zero-order valence-corrected chi connectivity index (χ0v) is 23.7. The van der Waals surface area contributed by atoms with E-state index in [0.29, 0.717) is 44.2 Å². The highest BCUT2D eigenvalue weighted by Gasteiger charge is 2.37. The van der Waals surface area contributed by atoms with Gasteiger partial charge in [-0.3, -0.25) is 4.90 Å². The van der Waals surface area contributed by atoms with Crippen LogP contribution in [-0.2, 0) is 15.9 Å². The first kappa shape index (κ1) is 28.7. The summed E-state index contributed by atoms with van der Waals surface area (Å²) in [6.45, 7) is 5.45. The Morgan fingerprint density at radius 2 is 2.02 bits per heavy atom. The van der Waals surface area contributed by atoms with Gasteiger partial charge in [0.15, 0.2) is 0 Å². The summed E-state index contributed by atoms with van der Waals surface area (Å²) in [5, 5.41) is 4.42. The van der Waals surface area contributed by atoms with Gasteiger partial charge in [0.1, 0.15) is 17.6 Å². The Hall–Kier alpha value is -3.82. The van der Waals surface area contributed by atoms with E-state index in [1.807, 2.05) is 37.3 Å². The molecule has 41 heavy (non-hydrogen) atoms. The smallest absolute Gasteiger partial charge is 0.416 e. The van der Waals surface area contributed by atoms with E-state index in [0.717, 1.165) is 27.7 Å². The SMILES string of the molecule is CCOC(=O)NCC(C)COC1C=CC(C2c3[nH]c4ccc(Cl)cc4c3CCN2C(=O)Oc2ccc(F)cc2)=CC1. The first-order valence-electron chi connectivity index (χ1n) is 13.8. The maximum absolute atomic E-state index is 13.4. The molecule has 0 saturated heterocycles. The van der Waals surface area contributed by atoms with Crippen LogP contribution in [0.1, 0.15) is 37.6 Å². The minimum Gasteiger partial charge on any atom is -0.450 e. The van der Waals surface area contributed by atoms with Gasteiger partial charge in [-0.2, -0.15) is 0 Å². The van der Waals surface area contributed by atoms with Crippen molar-refractivity contribution in [3.63, 3.8) is 0 Å². The molecule has 1 aliphatic carbocycles. The molecule has 2 aromatic carbocycles. The van der Waals surface area contributed by atoms with Crippen LogP contribution < -0.4 is 10.1 Å². The lowest BCUT2D eigenvalue weighted by Crippen LogP contribution is -2.42. The van der Waals surface area contributed by atoms with E-state index in [9.17, 15) is 14.0 Å². The number of amides is 2. The van der Waals surface area contributed by atoms with E-state index in [1.165, 1.54) is 24.3 Å². The van der Waals surface area contributed by atoms with Gasteiger partial charge < -0.3 is 24.5 Å². The Morgan fingerprint density at radius 1 is 1.22 bits per heavy atom. The molecule has 2 heterocycles. The number of aromatic amines is 1. The van der Waals surface area contributed by atoms with Crippen LogP contribution in [0.5, 0.6) is 5.75 Å². The number of hydrogen-bond donors (Lipinski definition) is 2. The molecule has 1 aromatic heterocycles. The molecule has 2 aliphatic rings. The maximum atomic E-state index is 13.4. The number of carbonyl (C=O) groups is 2. The zero-order valence-electron chi connectivity index (χ0n) is 23.0. The number of nitrogens with one attached hydrogen (secondary N) is 2. The highest BCUT2D eigenvalue weighted by Crippen LogP contribution is 2.41. The van der Waals surface area contributed by atoms with Gasteiger partial charge in [-0.05, 0) is 79.3 Å². The summed E-state index contributed by atoms with van der Waals surface area (Å²) in [6.07, 6.45) is 6.26. The molecule has 2 amide bonds. The zero-order chi connectivity index (χ0) is 28.9. The molecular formula is C31H33ClFN3O5. The Labute approximate surface area is 243 Å². The Bertz CT molecular complexity index is 1470. The number of alkyl carbamates (subject to hydrolysis) is 1. The van der Waals surface area contributed by atoms with Gasteiger partial charge in [-0.15, -0.1) is 0 Å². The van der Waals surface area contributed by atoms with E-state index < -0.39 is 24.0 Å². The summed E-state index contributed by atoms with van der Waals surface area (Å²) in [7, 11) is 0. The second-order valence-electron chi connectivity index (χ2n) is 10.3. The summed E-state index contributed by atoms with van der Waals surface area (Å²) in [4.78, 5) is 30.2. The lowest BCUT2D eigenvalue weighted by Gasteiger charge is -2.36. The average molecular weight is 582 g/mol. The molecule has 0 radical (unpaired) electrons. The predicted octanol–water partition coefficient (Wildman–Crippen LogP) is 6.71. The molecule has 5 rings (SSSR count). The van der Waals surface area contributed by atoms with Crippen LogP contribution in [0.2, 0.25) is 5.02 Å². The van der Waals surface area contributed by atoms with E-state index in [-0.39, 0.29) is 17.8 Å². The van der Waals surface area contributed by atoms with E-state index in [2.05, 4.69) is 16.4 Å². The molecule has 0 spiro atoms. The third kappa shape index (κ3) is 6.74. The van der Waals surface area contributed by atoms with Crippen LogP contribution >= 0.6 is 11.6 Å². The molecule has 10 heteroatoms. The molecule has 1 aliphatic heterocycles. The number of carbonyl (C=O) groups excluding carboxylic acids is 2. The summed E-state index contributed by atoms with van der Waals surface area (Å²) in [6, 6.07) is 10.7. The van der Waals surface area contributed by atoms with Crippen LogP contribution in [0.25, 0.3) is 10.9 Å². The fourth-order valence-corrected chi connectivity index (χ4v) is 5.37. The third-order valence-electron chi connectivity index (χ3n) is 7.21. The van der Waals surface area contributed by atoms with Crippen LogP contribution in [0.15, 0.2) is 66.3 Å². The topological polar surface area (TPSA) is 92.9 Å². The number of benzene rings is 2. The molecule has 8 nitrogen and oxygen atoms in total. The first-order valence-corrected chi connectivity index (χ1v) is 14.1. The molecule has 216 valence electrons. The molecular weight excluding hydrogens is 549 g/mol. The van der Waals surface area contributed by atoms with Gasteiger partial charge in [0.05, 0.1) is 19.3 Å². The van der Waals surface area contributed by atoms with Crippen molar-refractivity contribution in [1.82, 2.24) is 15.2 Å². The summed E-state index contributed by atoms with van der Waals surface area (Å²) < 4.78 is 30.0. The van der Waals surface area contributed by atoms with Gasteiger partial charge in [0, 0.05) is 34.7 Å². The Balaban J connectivity index is 1.33. The van der Waals surface area contributed by atoms with Crippen molar-refractivity contribution in [3.05, 3.63) is 88.4 Å². The van der Waals surface area contributed by atoms with Gasteiger partial charge in [-0.1, -0.05) is 36.8 Å². The number of fused-ring (bicyclic) bond motifs is 3. The minimum atomic E-state index is -0.514. The van der Waals surface area contributed by atoms with E-state index in [1.54, 1.807) is 11.8 Å². The van der Waals surface area contributed by atoms with E-state index >= 15 is 0 Å². The molecule has 0 bridgehead atoms. The van der Waals surface area contributed by atoms with Crippen molar-refractivity contribution < 1.29 is 28.2 Å².